The Morgan fingerprint density at radius 2 is 1.57 bits per heavy atom. The molecule has 0 aromatic heterocycles. The molecule has 1 rings (SSSR count). The van der Waals surface area contributed by atoms with Gasteiger partial charge in [0.15, 0.2) is 0 Å². The van der Waals surface area contributed by atoms with Gasteiger partial charge in [-0.05, 0) is 17.5 Å². The molecule has 1 aromatic rings. The van der Waals surface area contributed by atoms with Gasteiger partial charge in [-0.25, -0.2) is 4.79 Å². The van der Waals surface area contributed by atoms with Crippen molar-refractivity contribution in [2.24, 2.45) is 0 Å². The second-order valence-corrected chi connectivity index (χ2v) is 4.21. The first-order chi connectivity index (χ1) is 11.1. The summed E-state index contributed by atoms with van der Waals surface area (Å²) >= 11 is 0. The Kier molecular flexibility index (Phi) is 18.0. The van der Waals surface area contributed by atoms with E-state index in [1.807, 2.05) is 43.3 Å². The minimum Gasteiger partial charge on any atom is -0.463 e. The van der Waals surface area contributed by atoms with Crippen LogP contribution in [-0.4, -0.2) is 36.0 Å². The highest BCUT2D eigenvalue weighted by atomic mass is 16.5. The number of carbonyl (C=O) groups is 1. The SMILES string of the molecule is C=CC(=O)OCCCC.C=Cc1ccccc1C=C.OCCO. The lowest BCUT2D eigenvalue weighted by molar-refractivity contribution is -0.137. The summed E-state index contributed by atoms with van der Waals surface area (Å²) < 4.78 is 4.67. The summed E-state index contributed by atoms with van der Waals surface area (Å²) in [5.74, 6) is -0.330. The summed E-state index contributed by atoms with van der Waals surface area (Å²) in [6, 6.07) is 8.02. The molecule has 128 valence electrons. The summed E-state index contributed by atoms with van der Waals surface area (Å²) in [5.41, 5.74) is 2.27. The van der Waals surface area contributed by atoms with Crippen molar-refractivity contribution in [3.8, 4) is 0 Å². The van der Waals surface area contributed by atoms with Crippen LogP contribution in [0.25, 0.3) is 12.2 Å². The van der Waals surface area contributed by atoms with Gasteiger partial charge >= 0.3 is 5.97 Å². The molecule has 0 bridgehead atoms. The van der Waals surface area contributed by atoms with E-state index in [9.17, 15) is 4.79 Å². The van der Waals surface area contributed by atoms with Gasteiger partial charge in [-0.2, -0.15) is 0 Å². The lowest BCUT2D eigenvalue weighted by Gasteiger charge is -1.97. The predicted octanol–water partition coefficient (Wildman–Crippen LogP) is 3.46. The van der Waals surface area contributed by atoms with Crippen molar-refractivity contribution in [3.05, 3.63) is 61.2 Å². The fourth-order valence-corrected chi connectivity index (χ4v) is 1.26. The van der Waals surface area contributed by atoms with Crippen LogP contribution in [0.2, 0.25) is 0 Å². The van der Waals surface area contributed by atoms with E-state index in [1.54, 1.807) is 0 Å². The summed E-state index contributed by atoms with van der Waals surface area (Å²) in [6.07, 6.45) is 6.81. The molecular weight excluding hydrogens is 292 g/mol. The second-order valence-electron chi connectivity index (χ2n) is 4.21. The van der Waals surface area contributed by atoms with Crippen molar-refractivity contribution in [1.29, 1.82) is 0 Å². The molecule has 0 aliphatic rings. The van der Waals surface area contributed by atoms with E-state index in [1.165, 1.54) is 6.08 Å². The van der Waals surface area contributed by atoms with Gasteiger partial charge < -0.3 is 14.9 Å². The Hall–Kier alpha value is -2.17. The first kappa shape index (κ1) is 23.1. The van der Waals surface area contributed by atoms with Crippen LogP contribution in [0.3, 0.4) is 0 Å². The van der Waals surface area contributed by atoms with Gasteiger partial charge in [0, 0.05) is 6.08 Å². The van der Waals surface area contributed by atoms with Crippen LogP contribution >= 0.6 is 0 Å². The molecule has 0 amide bonds. The predicted molar refractivity (Wildman–Crippen MR) is 96.9 cm³/mol. The van der Waals surface area contributed by atoms with Crippen LogP contribution in [0.1, 0.15) is 30.9 Å². The van der Waals surface area contributed by atoms with E-state index < -0.39 is 0 Å². The van der Waals surface area contributed by atoms with E-state index in [-0.39, 0.29) is 19.2 Å². The van der Waals surface area contributed by atoms with E-state index in [0.717, 1.165) is 24.0 Å². The molecule has 4 nitrogen and oxygen atoms in total. The van der Waals surface area contributed by atoms with Crippen LogP contribution in [0, 0.1) is 0 Å². The van der Waals surface area contributed by atoms with Crippen LogP contribution in [0.15, 0.2) is 50.1 Å². The molecule has 0 unspecified atom stereocenters. The molecule has 0 heterocycles. The lowest BCUT2D eigenvalue weighted by atomic mass is 10.1. The van der Waals surface area contributed by atoms with Crippen molar-refractivity contribution < 1.29 is 19.7 Å². The maximum absolute atomic E-state index is 10.3. The van der Waals surface area contributed by atoms with Crippen molar-refractivity contribution >= 4 is 18.1 Å². The fraction of sp³-hybridized carbons (Fsp3) is 0.316. The standard InChI is InChI=1S/C10H10.C7H12O2.C2H6O2/c1-3-9-7-5-6-8-10(9)4-2;1-3-5-6-9-7(8)4-2;3-1-2-4/h3-8H,1-2H2;4H,2-3,5-6H2,1H3;3-4H,1-2H2. The molecule has 0 aliphatic carbocycles. The number of esters is 1. The molecule has 0 spiro atoms. The van der Waals surface area contributed by atoms with E-state index >= 15 is 0 Å². The molecule has 1 aromatic carbocycles. The van der Waals surface area contributed by atoms with Crippen molar-refractivity contribution in [3.63, 3.8) is 0 Å². The summed E-state index contributed by atoms with van der Waals surface area (Å²) in [6.45, 7) is 13.0. The third-order valence-electron chi connectivity index (χ3n) is 2.44. The highest BCUT2D eigenvalue weighted by Crippen LogP contribution is 2.10. The minimum absolute atomic E-state index is 0.125. The van der Waals surface area contributed by atoms with Crippen molar-refractivity contribution in [1.82, 2.24) is 0 Å². The largest absolute Gasteiger partial charge is 0.463 e. The Morgan fingerprint density at radius 3 is 1.87 bits per heavy atom. The van der Waals surface area contributed by atoms with Crippen LogP contribution < -0.4 is 0 Å². The Labute approximate surface area is 139 Å². The van der Waals surface area contributed by atoms with Gasteiger partial charge in [-0.1, -0.05) is 69.5 Å². The van der Waals surface area contributed by atoms with E-state index in [2.05, 4.69) is 24.5 Å². The Morgan fingerprint density at radius 1 is 1.09 bits per heavy atom. The third kappa shape index (κ3) is 14.5. The minimum atomic E-state index is -0.330. The van der Waals surface area contributed by atoms with Gasteiger partial charge in [0.1, 0.15) is 0 Å². The smallest absolute Gasteiger partial charge is 0.330 e. The van der Waals surface area contributed by atoms with Crippen molar-refractivity contribution in [2.45, 2.75) is 19.8 Å². The highest BCUT2D eigenvalue weighted by molar-refractivity contribution is 5.81. The normalized spacial score (nSPS) is 8.48. The lowest BCUT2D eigenvalue weighted by Crippen LogP contribution is -2.00. The molecule has 0 fully saturated rings. The van der Waals surface area contributed by atoms with Gasteiger partial charge in [0.2, 0.25) is 0 Å². The number of unbranched alkanes of at least 4 members (excludes halogenated alkanes) is 1. The van der Waals surface area contributed by atoms with Gasteiger partial charge in [0.25, 0.3) is 0 Å². The van der Waals surface area contributed by atoms with Gasteiger partial charge in [0.05, 0.1) is 19.8 Å². The number of carbonyl (C=O) groups excluding carboxylic acids is 1. The molecule has 0 saturated carbocycles. The summed E-state index contributed by atoms with van der Waals surface area (Å²) in [5, 5.41) is 15.2. The fourth-order valence-electron chi connectivity index (χ4n) is 1.26. The zero-order valence-corrected chi connectivity index (χ0v) is 13.9. The first-order valence-electron chi connectivity index (χ1n) is 7.45. The second kappa shape index (κ2) is 17.9. The van der Waals surface area contributed by atoms with Gasteiger partial charge in [-0.3, -0.25) is 0 Å². The molecule has 23 heavy (non-hydrogen) atoms. The number of aliphatic hydroxyl groups excluding tert-OH is 2. The molecular formula is C19H28O4. The number of hydrogen-bond donors (Lipinski definition) is 2. The number of benzene rings is 1. The van der Waals surface area contributed by atoms with Gasteiger partial charge in [-0.15, -0.1) is 0 Å². The maximum atomic E-state index is 10.3. The average Bonchev–Trinajstić information content (AvgIpc) is 2.62. The van der Waals surface area contributed by atoms with Crippen LogP contribution in [0.5, 0.6) is 0 Å². The molecule has 0 atom stereocenters. The number of aliphatic hydroxyl groups is 2. The molecule has 0 saturated heterocycles. The third-order valence-corrected chi connectivity index (χ3v) is 2.44. The zero-order chi connectivity index (χ0) is 17.9. The summed E-state index contributed by atoms with van der Waals surface area (Å²) in [7, 11) is 0. The molecule has 0 aliphatic heterocycles. The topological polar surface area (TPSA) is 66.8 Å². The average molecular weight is 320 g/mol. The summed E-state index contributed by atoms with van der Waals surface area (Å²) in [4.78, 5) is 10.3. The maximum Gasteiger partial charge on any atom is 0.330 e. The Balaban J connectivity index is 0. The van der Waals surface area contributed by atoms with E-state index in [4.69, 9.17) is 10.2 Å². The molecule has 2 N–H and O–H groups in total. The molecule has 4 heteroatoms. The zero-order valence-electron chi connectivity index (χ0n) is 13.9. The van der Waals surface area contributed by atoms with E-state index in [0.29, 0.717) is 6.61 Å². The Bertz CT molecular complexity index is 423. The van der Waals surface area contributed by atoms with Crippen molar-refractivity contribution in [2.75, 3.05) is 19.8 Å². The first-order valence-corrected chi connectivity index (χ1v) is 7.45. The number of rotatable bonds is 7. The number of hydrogen-bond acceptors (Lipinski definition) is 4. The quantitative estimate of drug-likeness (QED) is 0.459. The highest BCUT2D eigenvalue weighted by Gasteiger charge is 1.91. The monoisotopic (exact) mass is 320 g/mol. The van der Waals surface area contributed by atoms with Crippen LogP contribution in [-0.2, 0) is 9.53 Å². The number of ether oxygens (including phenoxy) is 1. The molecule has 0 radical (unpaired) electrons. The van der Waals surface area contributed by atoms with Crippen LogP contribution in [0.4, 0.5) is 0 Å².